The third-order valence-electron chi connectivity index (χ3n) is 3.18. The topological polar surface area (TPSA) is 95.1 Å². The number of aromatic amines is 1. The minimum absolute atomic E-state index is 0.145. The number of nitrogens with one attached hydrogen (secondary N) is 2. The Hall–Kier alpha value is -2.70. The number of aliphatic carboxylic acids is 1. The molecule has 3 N–H and O–H groups in total. The molecule has 0 spiro atoms. The summed E-state index contributed by atoms with van der Waals surface area (Å²) in [4.78, 5) is 23.1. The van der Waals surface area contributed by atoms with E-state index in [1.807, 2.05) is 0 Å². The number of nitrogens with zero attached hydrogens (tertiary/aromatic N) is 1. The lowest BCUT2D eigenvalue weighted by molar-refractivity contribution is -0.140. The van der Waals surface area contributed by atoms with E-state index >= 15 is 0 Å². The van der Waals surface area contributed by atoms with Gasteiger partial charge in [0.2, 0.25) is 0 Å². The predicted molar refractivity (Wildman–Crippen MR) is 77.7 cm³/mol. The molecule has 2 aromatic rings. The van der Waals surface area contributed by atoms with Crippen molar-refractivity contribution in [3.8, 4) is 11.3 Å². The van der Waals surface area contributed by atoms with E-state index in [0.717, 1.165) is 0 Å². The van der Waals surface area contributed by atoms with Crippen LogP contribution in [-0.4, -0.2) is 33.2 Å². The number of aromatic nitrogens is 2. The summed E-state index contributed by atoms with van der Waals surface area (Å²) in [6.45, 7) is 3.41. The lowest BCUT2D eigenvalue weighted by Crippen LogP contribution is -2.44. The molecule has 1 unspecified atom stereocenters. The predicted octanol–water partition coefficient (Wildman–Crippen LogP) is 2.05. The number of hydrogen-bond acceptors (Lipinski definition) is 3. The van der Waals surface area contributed by atoms with Crippen LogP contribution in [0.15, 0.2) is 30.3 Å². The van der Waals surface area contributed by atoms with Gasteiger partial charge < -0.3 is 10.4 Å². The van der Waals surface area contributed by atoms with Crippen molar-refractivity contribution in [2.45, 2.75) is 19.9 Å². The summed E-state index contributed by atoms with van der Waals surface area (Å²) in [5, 5.41) is 18.0. The van der Waals surface area contributed by atoms with Crippen LogP contribution in [0.2, 0.25) is 0 Å². The quantitative estimate of drug-likeness (QED) is 0.788. The van der Waals surface area contributed by atoms with Crippen LogP contribution in [-0.2, 0) is 4.79 Å². The first-order valence-electron chi connectivity index (χ1n) is 6.73. The summed E-state index contributed by atoms with van der Waals surface area (Å²) in [6.07, 6.45) is 0. The van der Waals surface area contributed by atoms with Crippen LogP contribution >= 0.6 is 0 Å². The molecule has 0 aliphatic heterocycles. The SMILES string of the molecule is CC(C)C(NC(=O)c1cc(-c2ccc(F)cc2)n[nH]1)C(=O)O. The van der Waals surface area contributed by atoms with Gasteiger partial charge in [0.1, 0.15) is 17.6 Å². The zero-order valence-electron chi connectivity index (χ0n) is 12.1. The molecule has 0 saturated carbocycles. The first kappa shape index (κ1) is 15.7. The third-order valence-corrected chi connectivity index (χ3v) is 3.18. The summed E-state index contributed by atoms with van der Waals surface area (Å²) < 4.78 is 12.9. The van der Waals surface area contributed by atoms with Crippen LogP contribution < -0.4 is 5.32 Å². The molecule has 1 aromatic heterocycles. The first-order valence-corrected chi connectivity index (χ1v) is 6.73. The number of amides is 1. The van der Waals surface area contributed by atoms with Crippen molar-refractivity contribution in [3.05, 3.63) is 41.8 Å². The maximum Gasteiger partial charge on any atom is 0.326 e. The fourth-order valence-electron chi connectivity index (χ4n) is 1.94. The van der Waals surface area contributed by atoms with E-state index in [2.05, 4.69) is 15.5 Å². The minimum atomic E-state index is -1.10. The maximum absolute atomic E-state index is 12.9. The molecule has 1 atom stereocenters. The van der Waals surface area contributed by atoms with E-state index in [9.17, 15) is 14.0 Å². The Kier molecular flexibility index (Phi) is 4.55. The van der Waals surface area contributed by atoms with Gasteiger partial charge in [-0.15, -0.1) is 0 Å². The van der Waals surface area contributed by atoms with Crippen molar-refractivity contribution in [3.63, 3.8) is 0 Å². The van der Waals surface area contributed by atoms with Crippen molar-refractivity contribution in [1.82, 2.24) is 15.5 Å². The molecule has 0 radical (unpaired) electrons. The van der Waals surface area contributed by atoms with Gasteiger partial charge in [-0.1, -0.05) is 13.8 Å². The fraction of sp³-hybridized carbons (Fsp3) is 0.267. The highest BCUT2D eigenvalue weighted by atomic mass is 19.1. The molecule has 6 nitrogen and oxygen atoms in total. The van der Waals surface area contributed by atoms with Gasteiger partial charge in [-0.05, 0) is 36.2 Å². The second-order valence-electron chi connectivity index (χ2n) is 5.21. The van der Waals surface area contributed by atoms with E-state index in [0.29, 0.717) is 11.3 Å². The minimum Gasteiger partial charge on any atom is -0.480 e. The molecule has 1 amide bonds. The van der Waals surface area contributed by atoms with Crippen LogP contribution in [0.1, 0.15) is 24.3 Å². The zero-order valence-corrected chi connectivity index (χ0v) is 12.1. The third kappa shape index (κ3) is 3.49. The van der Waals surface area contributed by atoms with Crippen LogP contribution in [0.5, 0.6) is 0 Å². The number of rotatable bonds is 5. The summed E-state index contributed by atoms with van der Waals surface area (Å²) in [7, 11) is 0. The number of carboxylic acid groups (broad SMARTS) is 1. The second kappa shape index (κ2) is 6.38. The number of carbonyl (C=O) groups is 2. The smallest absolute Gasteiger partial charge is 0.326 e. The van der Waals surface area contributed by atoms with Crippen LogP contribution in [0.25, 0.3) is 11.3 Å². The van der Waals surface area contributed by atoms with Gasteiger partial charge in [-0.2, -0.15) is 5.10 Å². The number of hydrogen-bond donors (Lipinski definition) is 3. The van der Waals surface area contributed by atoms with Gasteiger partial charge in [0.25, 0.3) is 5.91 Å². The van der Waals surface area contributed by atoms with Gasteiger partial charge in [0.15, 0.2) is 0 Å². The molecule has 1 heterocycles. The van der Waals surface area contributed by atoms with Gasteiger partial charge in [-0.25, -0.2) is 9.18 Å². The number of halogens is 1. The molecule has 1 aromatic carbocycles. The Morgan fingerprint density at radius 1 is 1.27 bits per heavy atom. The average molecular weight is 305 g/mol. The molecule has 2 rings (SSSR count). The molecular formula is C15H16FN3O3. The largest absolute Gasteiger partial charge is 0.480 e. The monoisotopic (exact) mass is 305 g/mol. The zero-order chi connectivity index (χ0) is 16.3. The van der Waals surface area contributed by atoms with Gasteiger partial charge >= 0.3 is 5.97 Å². The van der Waals surface area contributed by atoms with E-state index < -0.39 is 17.9 Å². The lowest BCUT2D eigenvalue weighted by Gasteiger charge is -2.17. The Morgan fingerprint density at radius 2 is 1.91 bits per heavy atom. The summed E-state index contributed by atoms with van der Waals surface area (Å²) in [6, 6.07) is 6.18. The molecular weight excluding hydrogens is 289 g/mol. The van der Waals surface area contributed by atoms with E-state index in [1.165, 1.54) is 18.2 Å². The Labute approximate surface area is 126 Å². The highest BCUT2D eigenvalue weighted by Gasteiger charge is 2.24. The summed E-state index contributed by atoms with van der Waals surface area (Å²) >= 11 is 0. The number of carbonyl (C=O) groups excluding carboxylic acids is 1. The van der Waals surface area contributed by atoms with Crippen molar-refractivity contribution < 1.29 is 19.1 Å². The van der Waals surface area contributed by atoms with Gasteiger partial charge in [0.05, 0.1) is 5.69 Å². The Bertz CT molecular complexity index is 680. The summed E-state index contributed by atoms with van der Waals surface area (Å²) in [5.74, 6) is -2.26. The van der Waals surface area contributed by atoms with Crippen LogP contribution in [0.3, 0.4) is 0 Å². The first-order chi connectivity index (χ1) is 10.4. The highest BCUT2D eigenvalue weighted by molar-refractivity contribution is 5.95. The van der Waals surface area contributed by atoms with Crippen molar-refractivity contribution in [2.24, 2.45) is 5.92 Å². The lowest BCUT2D eigenvalue weighted by atomic mass is 10.0. The van der Waals surface area contributed by atoms with Crippen molar-refractivity contribution in [1.29, 1.82) is 0 Å². The fourth-order valence-corrected chi connectivity index (χ4v) is 1.94. The summed E-state index contributed by atoms with van der Waals surface area (Å²) in [5.41, 5.74) is 1.27. The van der Waals surface area contributed by atoms with E-state index in [4.69, 9.17) is 5.11 Å². The number of H-pyrrole nitrogens is 1. The Morgan fingerprint density at radius 3 is 2.45 bits per heavy atom. The van der Waals surface area contributed by atoms with Crippen LogP contribution in [0, 0.1) is 11.7 Å². The van der Waals surface area contributed by atoms with Crippen molar-refractivity contribution in [2.75, 3.05) is 0 Å². The maximum atomic E-state index is 12.9. The van der Waals surface area contributed by atoms with Gasteiger partial charge in [0, 0.05) is 5.56 Å². The number of carboxylic acids is 1. The van der Waals surface area contributed by atoms with Crippen molar-refractivity contribution >= 4 is 11.9 Å². The number of benzene rings is 1. The Balaban J connectivity index is 2.15. The van der Waals surface area contributed by atoms with Gasteiger partial charge in [-0.3, -0.25) is 9.89 Å². The highest BCUT2D eigenvalue weighted by Crippen LogP contribution is 2.18. The molecule has 0 aliphatic carbocycles. The molecule has 116 valence electrons. The van der Waals surface area contributed by atoms with E-state index in [1.54, 1.807) is 26.0 Å². The van der Waals surface area contributed by atoms with Crippen LogP contribution in [0.4, 0.5) is 4.39 Å². The molecule has 0 saturated heterocycles. The molecule has 0 aliphatic rings. The second-order valence-corrected chi connectivity index (χ2v) is 5.21. The molecule has 22 heavy (non-hydrogen) atoms. The molecule has 0 bridgehead atoms. The average Bonchev–Trinajstić information content (AvgIpc) is 2.94. The molecule has 0 fully saturated rings. The van der Waals surface area contributed by atoms with E-state index in [-0.39, 0.29) is 17.4 Å². The standard InChI is InChI=1S/C15H16FN3O3/c1-8(2)13(15(21)22)17-14(20)12-7-11(18-19-12)9-3-5-10(16)6-4-9/h3-8,13H,1-2H3,(H,17,20)(H,18,19)(H,21,22). The normalized spacial score (nSPS) is 12.2. The molecule has 7 heteroatoms.